The highest BCUT2D eigenvalue weighted by Gasteiger charge is 2.77. The second-order valence-corrected chi connectivity index (χ2v) is 14.3. The number of hydrogen-bond acceptors (Lipinski definition) is 7. The molecular formula is C38H46BrN3O7. The van der Waals surface area contributed by atoms with Crippen molar-refractivity contribution in [2.75, 3.05) is 24.6 Å². The zero-order chi connectivity index (χ0) is 35.5. The number of anilines is 1. The lowest BCUT2D eigenvalue weighted by Gasteiger charge is -2.39. The van der Waals surface area contributed by atoms with E-state index in [4.69, 9.17) is 9.47 Å². The van der Waals surface area contributed by atoms with Crippen LogP contribution >= 0.6 is 15.9 Å². The Morgan fingerprint density at radius 2 is 1.84 bits per heavy atom. The fourth-order valence-electron chi connectivity index (χ4n) is 7.86. The number of rotatable bonds is 15. The summed E-state index contributed by atoms with van der Waals surface area (Å²) in [6, 6.07) is 13.1. The molecular weight excluding hydrogens is 690 g/mol. The molecule has 11 heteroatoms. The number of aryl methyl sites for hydroxylation is 2. The van der Waals surface area contributed by atoms with Crippen LogP contribution in [0.15, 0.2) is 73.8 Å². The van der Waals surface area contributed by atoms with Gasteiger partial charge in [-0.15, -0.1) is 13.2 Å². The predicted octanol–water partition coefficient (Wildman–Crippen LogP) is 4.71. The third-order valence-corrected chi connectivity index (χ3v) is 10.9. The van der Waals surface area contributed by atoms with E-state index in [1.54, 1.807) is 17.1 Å². The largest absolute Gasteiger partial charge is 0.455 e. The lowest BCUT2D eigenvalue weighted by Crippen LogP contribution is -2.59. The summed E-state index contributed by atoms with van der Waals surface area (Å²) in [4.78, 5) is 59.2. The summed E-state index contributed by atoms with van der Waals surface area (Å²) in [5.41, 5.74) is 1.82. The zero-order valence-corrected chi connectivity index (χ0v) is 29.9. The molecule has 0 aromatic heterocycles. The molecule has 49 heavy (non-hydrogen) atoms. The maximum atomic E-state index is 15.0. The molecule has 262 valence electrons. The minimum atomic E-state index is -1.35. The Labute approximate surface area is 296 Å². The molecule has 1 unspecified atom stereocenters. The average Bonchev–Trinajstić information content (AvgIpc) is 3.69. The van der Waals surface area contributed by atoms with Gasteiger partial charge in [-0.3, -0.25) is 19.2 Å². The number of nitrogens with zero attached hydrogens (tertiary/aromatic N) is 2. The minimum Gasteiger partial charge on any atom is -0.455 e. The summed E-state index contributed by atoms with van der Waals surface area (Å²) in [5, 5.41) is 13.3. The fraction of sp³-hybridized carbons (Fsp3) is 0.474. The number of likely N-dealkylation sites (tertiary alicyclic amines) is 1. The molecule has 1 spiro atoms. The first-order chi connectivity index (χ1) is 23.5. The van der Waals surface area contributed by atoms with Crippen molar-refractivity contribution >= 4 is 45.3 Å². The van der Waals surface area contributed by atoms with Crippen molar-refractivity contribution < 1.29 is 33.8 Å². The molecule has 0 saturated carbocycles. The van der Waals surface area contributed by atoms with Crippen LogP contribution in [-0.2, 0) is 28.7 Å². The maximum absolute atomic E-state index is 15.0. The molecule has 3 heterocycles. The number of aliphatic hydroxyl groups excluding tert-OH is 1. The van der Waals surface area contributed by atoms with Gasteiger partial charge in [-0.05, 0) is 49.8 Å². The monoisotopic (exact) mass is 735 g/mol. The molecule has 3 aliphatic heterocycles. The van der Waals surface area contributed by atoms with E-state index >= 15 is 0 Å². The number of ether oxygens (including phenoxy) is 2. The van der Waals surface area contributed by atoms with Gasteiger partial charge in [-0.1, -0.05) is 83.5 Å². The Hall–Kier alpha value is -3.80. The Kier molecular flexibility index (Phi) is 11.5. The number of para-hydroxylation sites is 1. The van der Waals surface area contributed by atoms with Gasteiger partial charge in [0.1, 0.15) is 17.7 Å². The molecule has 2 N–H and O–H groups in total. The topological polar surface area (TPSA) is 125 Å². The van der Waals surface area contributed by atoms with Crippen LogP contribution in [0.3, 0.4) is 0 Å². The smallest absolute Gasteiger partial charge is 0.313 e. The van der Waals surface area contributed by atoms with Gasteiger partial charge in [0.15, 0.2) is 0 Å². The van der Waals surface area contributed by atoms with Gasteiger partial charge < -0.3 is 29.7 Å². The number of benzene rings is 2. The lowest BCUT2D eigenvalue weighted by molar-refractivity contribution is -0.160. The van der Waals surface area contributed by atoms with Gasteiger partial charge in [0, 0.05) is 23.5 Å². The number of allylic oxidation sites excluding steroid dienone is 1. The van der Waals surface area contributed by atoms with Crippen molar-refractivity contribution in [1.82, 2.24) is 10.2 Å². The van der Waals surface area contributed by atoms with Crippen LogP contribution in [0.4, 0.5) is 5.69 Å². The van der Waals surface area contributed by atoms with Crippen LogP contribution in [0.5, 0.6) is 0 Å². The first-order valence-electron chi connectivity index (χ1n) is 16.9. The van der Waals surface area contributed by atoms with E-state index < -0.39 is 53.6 Å². The van der Waals surface area contributed by atoms with Gasteiger partial charge >= 0.3 is 5.97 Å². The van der Waals surface area contributed by atoms with Gasteiger partial charge in [0.2, 0.25) is 11.8 Å². The summed E-state index contributed by atoms with van der Waals surface area (Å²) in [5.74, 6) is -3.68. The summed E-state index contributed by atoms with van der Waals surface area (Å²) in [6.07, 6.45) is 3.20. The third-order valence-electron chi connectivity index (χ3n) is 10.1. The van der Waals surface area contributed by atoms with E-state index in [0.29, 0.717) is 24.8 Å². The van der Waals surface area contributed by atoms with E-state index in [1.165, 1.54) is 4.90 Å². The quantitative estimate of drug-likeness (QED) is 0.154. The van der Waals surface area contributed by atoms with Crippen LogP contribution < -0.4 is 10.2 Å². The summed E-state index contributed by atoms with van der Waals surface area (Å²) >= 11 is 3.73. The second-order valence-electron chi connectivity index (χ2n) is 13.1. The highest BCUT2D eigenvalue weighted by atomic mass is 79.9. The number of alkyl halides is 1. The molecule has 3 aliphatic rings. The summed E-state index contributed by atoms with van der Waals surface area (Å²) in [7, 11) is 0. The predicted molar refractivity (Wildman–Crippen MR) is 190 cm³/mol. The molecule has 8 atom stereocenters. The van der Waals surface area contributed by atoms with E-state index in [2.05, 4.69) is 34.4 Å². The molecule has 3 fully saturated rings. The Balaban J connectivity index is 1.53. The van der Waals surface area contributed by atoms with Crippen molar-refractivity contribution in [2.24, 2.45) is 11.8 Å². The number of aliphatic hydroxyl groups is 1. The first kappa shape index (κ1) is 36.5. The van der Waals surface area contributed by atoms with Crippen LogP contribution in [0.25, 0.3) is 0 Å². The number of carbonyl (C=O) groups excluding carboxylic acids is 4. The van der Waals surface area contributed by atoms with Crippen molar-refractivity contribution in [3.05, 3.63) is 90.5 Å². The van der Waals surface area contributed by atoms with Gasteiger partial charge in [-0.2, -0.15) is 0 Å². The number of hydrogen-bond donors (Lipinski definition) is 2. The molecule has 10 nitrogen and oxygen atoms in total. The molecule has 2 aromatic carbocycles. The average molecular weight is 737 g/mol. The molecule has 0 radical (unpaired) electrons. The van der Waals surface area contributed by atoms with Gasteiger partial charge in [0.05, 0.1) is 37.1 Å². The molecule has 0 aliphatic carbocycles. The van der Waals surface area contributed by atoms with E-state index in [-0.39, 0.29) is 42.8 Å². The molecule has 3 amide bonds. The first-order valence-corrected chi connectivity index (χ1v) is 17.8. The normalized spacial score (nSPS) is 26.5. The van der Waals surface area contributed by atoms with Crippen LogP contribution in [-0.4, -0.2) is 82.0 Å². The van der Waals surface area contributed by atoms with Gasteiger partial charge in [-0.25, -0.2) is 0 Å². The number of halogens is 1. The molecule has 5 rings (SSSR count). The summed E-state index contributed by atoms with van der Waals surface area (Å²) in [6.45, 7) is 13.1. The number of esters is 1. The summed E-state index contributed by atoms with van der Waals surface area (Å²) < 4.78 is 12.9. The number of fused-ring (bicyclic) bond motifs is 1. The number of amides is 3. The van der Waals surface area contributed by atoms with Crippen molar-refractivity contribution in [1.29, 1.82) is 0 Å². The van der Waals surface area contributed by atoms with Crippen molar-refractivity contribution in [3.8, 4) is 0 Å². The number of carbonyl (C=O) groups is 4. The maximum Gasteiger partial charge on any atom is 0.313 e. The van der Waals surface area contributed by atoms with E-state index in [9.17, 15) is 24.3 Å². The Morgan fingerprint density at radius 3 is 2.45 bits per heavy atom. The Bertz CT molecular complexity index is 1560. The zero-order valence-electron chi connectivity index (χ0n) is 28.3. The molecule has 2 aromatic rings. The Morgan fingerprint density at radius 1 is 1.14 bits per heavy atom. The molecule has 2 bridgehead atoms. The van der Waals surface area contributed by atoms with Crippen LogP contribution in [0.1, 0.15) is 55.4 Å². The van der Waals surface area contributed by atoms with Crippen molar-refractivity contribution in [3.63, 3.8) is 0 Å². The van der Waals surface area contributed by atoms with Gasteiger partial charge in [0.25, 0.3) is 5.91 Å². The fourth-order valence-corrected chi connectivity index (χ4v) is 8.81. The van der Waals surface area contributed by atoms with E-state index in [1.807, 2.05) is 69.3 Å². The minimum absolute atomic E-state index is 0.0351. The highest BCUT2D eigenvalue weighted by molar-refractivity contribution is 9.09. The van der Waals surface area contributed by atoms with Crippen molar-refractivity contribution in [2.45, 2.75) is 81.2 Å². The van der Waals surface area contributed by atoms with Crippen LogP contribution in [0, 0.1) is 25.7 Å². The molecule has 3 saturated heterocycles. The highest BCUT2D eigenvalue weighted by Crippen LogP contribution is 2.61. The van der Waals surface area contributed by atoms with E-state index in [0.717, 1.165) is 16.8 Å². The standard InChI is InChI=1S/C38H46BrN3O7/c1-6-9-18-29(44)40-21-28(25-16-11-10-12-17-25)48-37(47)30-31-35(45)42(26(8-3)22-43)34(38(31)20-27(39)33(30)49-38)36(46)41(19-7-2)32-23(4)14-13-15-24(32)5/h6-7,10-17,26-28,30-31,33-34,43H,1-2,8-9,18-22H2,3-5H3,(H,40,44)/t26-,27?,28+,30-,31+,33-,34-,38+/m0/s1. The number of nitrogens with one attached hydrogen (secondary N) is 1. The van der Waals surface area contributed by atoms with Crippen LogP contribution in [0.2, 0.25) is 0 Å². The SMILES string of the molecule is C=CCCC(=O)NC[C@@H](OC(=O)[C@@H]1[C@H]2O[C@@]3(CC2Br)[C@H](C(=O)N(CC=C)c2c(C)cccc2C)N([C@@H](CC)CO)C(=O)[C@@H]13)c1ccccc1. The lowest BCUT2D eigenvalue weighted by atomic mass is 9.70. The third kappa shape index (κ3) is 6.72. The second kappa shape index (κ2) is 15.4.